The molecule has 5 heteroatoms. The number of rotatable bonds is 2. The van der Waals surface area contributed by atoms with Crippen molar-refractivity contribution in [2.45, 2.75) is 6.92 Å². The lowest BCUT2D eigenvalue weighted by atomic mass is 10.2. The molecule has 0 saturated carbocycles. The molecular formula is C8H6Br2ClNO. The first kappa shape index (κ1) is 11.0. The van der Waals surface area contributed by atoms with E-state index in [1.165, 1.54) is 0 Å². The molecule has 1 aromatic rings. The Morgan fingerprint density at radius 1 is 1.46 bits per heavy atom. The molecule has 0 saturated heterocycles. The molecule has 0 aliphatic heterocycles. The molecule has 2 nitrogen and oxygen atoms in total. The minimum absolute atomic E-state index is 0.604. The van der Waals surface area contributed by atoms with Gasteiger partial charge in [-0.15, -0.1) is 0 Å². The fourth-order valence-corrected chi connectivity index (χ4v) is 2.57. The van der Waals surface area contributed by atoms with E-state index in [2.05, 4.69) is 37.2 Å². The van der Waals surface area contributed by atoms with Crippen molar-refractivity contribution in [3.63, 3.8) is 0 Å². The molecule has 0 radical (unpaired) electrons. The summed E-state index contributed by atoms with van der Waals surface area (Å²) < 4.78 is 1.60. The van der Waals surface area contributed by atoms with Crippen molar-refractivity contribution in [3.05, 3.63) is 25.6 Å². The van der Waals surface area contributed by atoms with Crippen LogP contribution < -0.4 is 5.32 Å². The molecule has 1 N–H and O–H groups in total. The number of carbonyl (C=O) groups excluding carboxylic acids is 1. The summed E-state index contributed by atoms with van der Waals surface area (Å²) in [4.78, 5) is 10.3. The maximum absolute atomic E-state index is 10.3. The van der Waals surface area contributed by atoms with E-state index in [4.69, 9.17) is 11.6 Å². The number of halogens is 3. The van der Waals surface area contributed by atoms with Crippen molar-refractivity contribution in [2.24, 2.45) is 0 Å². The predicted molar refractivity (Wildman–Crippen MR) is 61.3 cm³/mol. The third kappa shape index (κ3) is 2.24. The number of anilines is 1. The molecule has 1 aromatic carbocycles. The van der Waals surface area contributed by atoms with E-state index < -0.39 is 0 Å². The van der Waals surface area contributed by atoms with Crippen molar-refractivity contribution in [2.75, 3.05) is 5.32 Å². The van der Waals surface area contributed by atoms with E-state index in [1.807, 2.05) is 6.92 Å². The van der Waals surface area contributed by atoms with Crippen LogP contribution in [0.3, 0.4) is 0 Å². The normalized spacial score (nSPS) is 9.85. The summed E-state index contributed by atoms with van der Waals surface area (Å²) in [5.41, 5.74) is 1.53. The summed E-state index contributed by atoms with van der Waals surface area (Å²) in [6.07, 6.45) is 0.622. The molecule has 0 atom stereocenters. The van der Waals surface area contributed by atoms with Crippen molar-refractivity contribution >= 4 is 55.6 Å². The summed E-state index contributed by atoms with van der Waals surface area (Å²) in [5, 5.41) is 3.18. The summed E-state index contributed by atoms with van der Waals surface area (Å²) in [6.45, 7) is 1.84. The predicted octanol–water partition coefficient (Wildman–Crippen LogP) is 3.74. The topological polar surface area (TPSA) is 29.1 Å². The zero-order chi connectivity index (χ0) is 10.0. The zero-order valence-corrected chi connectivity index (χ0v) is 10.6. The van der Waals surface area contributed by atoms with Gasteiger partial charge >= 0.3 is 0 Å². The van der Waals surface area contributed by atoms with Crippen molar-refractivity contribution in [3.8, 4) is 0 Å². The Labute approximate surface area is 97.9 Å². The van der Waals surface area contributed by atoms with Crippen LogP contribution in [-0.4, -0.2) is 6.41 Å². The zero-order valence-electron chi connectivity index (χ0n) is 6.70. The highest BCUT2D eigenvalue weighted by Gasteiger charge is 2.10. The van der Waals surface area contributed by atoms with Crippen molar-refractivity contribution < 1.29 is 4.79 Å². The lowest BCUT2D eigenvalue weighted by Gasteiger charge is -2.09. The van der Waals surface area contributed by atoms with Crippen LogP contribution in [-0.2, 0) is 4.79 Å². The third-order valence-corrected chi connectivity index (χ3v) is 3.58. The van der Waals surface area contributed by atoms with E-state index in [0.29, 0.717) is 17.1 Å². The Hall–Kier alpha value is -0.0600. The molecule has 0 aromatic heterocycles. The summed E-state index contributed by atoms with van der Waals surface area (Å²) in [5.74, 6) is 0. The maximum Gasteiger partial charge on any atom is 0.211 e. The van der Waals surface area contributed by atoms with Gasteiger partial charge < -0.3 is 5.32 Å². The second-order valence-electron chi connectivity index (χ2n) is 2.42. The van der Waals surface area contributed by atoms with Gasteiger partial charge in [0.1, 0.15) is 0 Å². The lowest BCUT2D eigenvalue weighted by molar-refractivity contribution is -0.105. The second-order valence-corrected chi connectivity index (χ2v) is 4.50. The Bertz CT molecular complexity index is 354. The van der Waals surface area contributed by atoms with E-state index in [1.54, 1.807) is 6.07 Å². The number of benzene rings is 1. The molecule has 70 valence electrons. The van der Waals surface area contributed by atoms with E-state index >= 15 is 0 Å². The molecule has 1 rings (SSSR count). The first-order chi connectivity index (χ1) is 6.07. The molecule has 0 unspecified atom stereocenters. The number of nitrogens with one attached hydrogen (secondary N) is 1. The summed E-state index contributed by atoms with van der Waals surface area (Å²) in [6, 6.07) is 1.79. The van der Waals surface area contributed by atoms with E-state index in [9.17, 15) is 4.79 Å². The lowest BCUT2D eigenvalue weighted by Crippen LogP contribution is -1.98. The van der Waals surface area contributed by atoms with Gasteiger partial charge in [-0.25, -0.2) is 0 Å². The van der Waals surface area contributed by atoms with Crippen LogP contribution >= 0.6 is 43.5 Å². The van der Waals surface area contributed by atoms with Gasteiger partial charge in [0.25, 0.3) is 0 Å². The van der Waals surface area contributed by atoms with Crippen LogP contribution in [0.25, 0.3) is 0 Å². The number of hydrogen-bond donors (Lipinski definition) is 1. The molecule has 0 bridgehead atoms. The van der Waals surface area contributed by atoms with Gasteiger partial charge in [-0.1, -0.05) is 11.6 Å². The van der Waals surface area contributed by atoms with Gasteiger partial charge in [0.15, 0.2) is 0 Å². The van der Waals surface area contributed by atoms with Crippen LogP contribution in [0, 0.1) is 6.92 Å². The smallest absolute Gasteiger partial charge is 0.211 e. The Morgan fingerprint density at radius 3 is 2.62 bits per heavy atom. The maximum atomic E-state index is 10.3. The number of amides is 1. The average molecular weight is 327 g/mol. The second kappa shape index (κ2) is 4.44. The molecule has 13 heavy (non-hydrogen) atoms. The SMILES string of the molecule is Cc1c(Cl)c(Br)cc(Br)c1NC=O. The minimum atomic E-state index is 0.604. The molecule has 0 aliphatic rings. The molecule has 0 heterocycles. The molecular weight excluding hydrogens is 321 g/mol. The first-order valence-electron chi connectivity index (χ1n) is 3.42. The molecule has 1 amide bonds. The standard InChI is InChI=1S/C8H6Br2ClNO/c1-4-7(11)5(9)2-6(10)8(4)12-3-13/h2-3H,1H3,(H,12,13). The highest BCUT2D eigenvalue weighted by atomic mass is 79.9. The van der Waals surface area contributed by atoms with Gasteiger partial charge in [0.05, 0.1) is 10.7 Å². The van der Waals surface area contributed by atoms with Crippen LogP contribution in [0.1, 0.15) is 5.56 Å². The summed E-state index contributed by atoms with van der Waals surface area (Å²) >= 11 is 12.6. The van der Waals surface area contributed by atoms with Gasteiger partial charge in [0.2, 0.25) is 6.41 Å². The monoisotopic (exact) mass is 325 g/mol. The van der Waals surface area contributed by atoms with Crippen LogP contribution in [0.2, 0.25) is 5.02 Å². The highest BCUT2D eigenvalue weighted by Crippen LogP contribution is 2.36. The number of carbonyl (C=O) groups is 1. The quantitative estimate of drug-likeness (QED) is 0.651. The Morgan fingerprint density at radius 2 is 2.08 bits per heavy atom. The van der Waals surface area contributed by atoms with Crippen molar-refractivity contribution in [1.82, 2.24) is 0 Å². The minimum Gasteiger partial charge on any atom is -0.327 e. The van der Waals surface area contributed by atoms with Crippen LogP contribution in [0.15, 0.2) is 15.0 Å². The van der Waals surface area contributed by atoms with Gasteiger partial charge in [0, 0.05) is 8.95 Å². The highest BCUT2D eigenvalue weighted by molar-refractivity contribution is 9.11. The molecule has 0 aliphatic carbocycles. The van der Waals surface area contributed by atoms with Gasteiger partial charge in [-0.2, -0.15) is 0 Å². The van der Waals surface area contributed by atoms with Crippen LogP contribution in [0.5, 0.6) is 0 Å². The van der Waals surface area contributed by atoms with Crippen LogP contribution in [0.4, 0.5) is 5.69 Å². The number of hydrogen-bond acceptors (Lipinski definition) is 1. The van der Waals surface area contributed by atoms with Crippen molar-refractivity contribution in [1.29, 1.82) is 0 Å². The average Bonchev–Trinajstić information content (AvgIpc) is 2.09. The van der Waals surface area contributed by atoms with E-state index in [0.717, 1.165) is 14.5 Å². The largest absolute Gasteiger partial charge is 0.327 e. The fraction of sp³-hybridized carbons (Fsp3) is 0.125. The summed E-state index contributed by atoms with van der Waals surface area (Å²) in [7, 11) is 0. The Kier molecular flexibility index (Phi) is 3.76. The van der Waals surface area contributed by atoms with Gasteiger partial charge in [-0.05, 0) is 50.4 Å². The molecule has 0 fully saturated rings. The van der Waals surface area contributed by atoms with E-state index in [-0.39, 0.29) is 0 Å². The fourth-order valence-electron chi connectivity index (χ4n) is 0.951. The Balaban J connectivity index is 3.34. The first-order valence-corrected chi connectivity index (χ1v) is 5.38. The third-order valence-electron chi connectivity index (χ3n) is 1.61. The van der Waals surface area contributed by atoms with Gasteiger partial charge in [-0.3, -0.25) is 4.79 Å². The molecule has 0 spiro atoms.